The van der Waals surface area contributed by atoms with Gasteiger partial charge in [-0.1, -0.05) is 48.0 Å². The molecule has 114 valence electrons. The predicted molar refractivity (Wildman–Crippen MR) is 87.9 cm³/mol. The summed E-state index contributed by atoms with van der Waals surface area (Å²) in [6.45, 7) is 7.21. The summed E-state index contributed by atoms with van der Waals surface area (Å²) in [6.07, 6.45) is 0. The average Bonchev–Trinajstić information content (AvgIpc) is 2.88. The van der Waals surface area contributed by atoms with Crippen LogP contribution < -0.4 is 5.32 Å². The van der Waals surface area contributed by atoms with Gasteiger partial charge in [0.05, 0.1) is 13.2 Å². The van der Waals surface area contributed by atoms with Crippen molar-refractivity contribution in [2.24, 2.45) is 5.92 Å². The van der Waals surface area contributed by atoms with E-state index < -0.39 is 0 Å². The van der Waals surface area contributed by atoms with E-state index in [-0.39, 0.29) is 0 Å². The molecule has 1 aromatic heterocycles. The minimum atomic E-state index is 0.492. The van der Waals surface area contributed by atoms with Gasteiger partial charge in [0.15, 0.2) is 0 Å². The second kappa shape index (κ2) is 8.37. The van der Waals surface area contributed by atoms with E-state index >= 15 is 0 Å². The molecular weight excluding hydrogens is 330 g/mol. The summed E-state index contributed by atoms with van der Waals surface area (Å²) in [4.78, 5) is 0. The number of rotatable bonds is 8. The van der Waals surface area contributed by atoms with Gasteiger partial charge < -0.3 is 14.5 Å². The summed E-state index contributed by atoms with van der Waals surface area (Å²) in [5, 5.41) is 3.36. The van der Waals surface area contributed by atoms with E-state index in [0.29, 0.717) is 19.1 Å². The topological polar surface area (TPSA) is 34.4 Å². The molecule has 0 atom stereocenters. The van der Waals surface area contributed by atoms with Crippen LogP contribution in [0.25, 0.3) is 0 Å². The molecule has 2 aromatic rings. The van der Waals surface area contributed by atoms with Crippen molar-refractivity contribution in [3.05, 3.63) is 58.0 Å². The van der Waals surface area contributed by atoms with Crippen LogP contribution in [-0.4, -0.2) is 6.54 Å². The Morgan fingerprint density at radius 3 is 2.62 bits per heavy atom. The third-order valence-electron chi connectivity index (χ3n) is 3.03. The first-order chi connectivity index (χ1) is 10.1. The van der Waals surface area contributed by atoms with Gasteiger partial charge in [-0.3, -0.25) is 0 Å². The summed E-state index contributed by atoms with van der Waals surface area (Å²) in [7, 11) is 0. The maximum Gasteiger partial charge on any atom is 0.129 e. The minimum absolute atomic E-state index is 0.492. The van der Waals surface area contributed by atoms with Crippen molar-refractivity contribution in [1.29, 1.82) is 0 Å². The van der Waals surface area contributed by atoms with Gasteiger partial charge in [0.2, 0.25) is 0 Å². The van der Waals surface area contributed by atoms with Crippen molar-refractivity contribution >= 4 is 15.9 Å². The van der Waals surface area contributed by atoms with Gasteiger partial charge in [-0.25, -0.2) is 0 Å². The third-order valence-corrected chi connectivity index (χ3v) is 3.80. The van der Waals surface area contributed by atoms with Crippen LogP contribution in [0.2, 0.25) is 0 Å². The zero-order chi connectivity index (χ0) is 15.1. The van der Waals surface area contributed by atoms with E-state index in [1.807, 2.05) is 36.4 Å². The molecule has 4 heteroatoms. The molecular formula is C17H22BrNO2. The molecule has 0 bridgehead atoms. The Hall–Kier alpha value is -1.10. The van der Waals surface area contributed by atoms with Gasteiger partial charge in [0.25, 0.3) is 0 Å². The highest BCUT2D eigenvalue weighted by Gasteiger charge is 2.04. The second-order valence-corrected chi connectivity index (χ2v) is 6.33. The number of benzene rings is 1. The molecule has 0 saturated carbocycles. The van der Waals surface area contributed by atoms with Gasteiger partial charge in [0.1, 0.15) is 18.1 Å². The van der Waals surface area contributed by atoms with Crippen LogP contribution in [0.5, 0.6) is 0 Å². The Balaban J connectivity index is 1.74. The maximum absolute atomic E-state index is 5.73. The Bertz CT molecular complexity index is 551. The first-order valence-electron chi connectivity index (χ1n) is 7.24. The Labute approximate surface area is 134 Å². The zero-order valence-corrected chi connectivity index (χ0v) is 14.2. The van der Waals surface area contributed by atoms with E-state index in [9.17, 15) is 0 Å². The zero-order valence-electron chi connectivity index (χ0n) is 12.6. The molecule has 0 amide bonds. The Morgan fingerprint density at radius 1 is 1.10 bits per heavy atom. The van der Waals surface area contributed by atoms with Crippen LogP contribution in [0.4, 0.5) is 0 Å². The monoisotopic (exact) mass is 351 g/mol. The summed E-state index contributed by atoms with van der Waals surface area (Å²) < 4.78 is 12.5. The molecule has 0 aliphatic carbocycles. The highest BCUT2D eigenvalue weighted by molar-refractivity contribution is 9.10. The van der Waals surface area contributed by atoms with Gasteiger partial charge in [-0.2, -0.15) is 0 Å². The van der Waals surface area contributed by atoms with Crippen molar-refractivity contribution < 1.29 is 9.15 Å². The van der Waals surface area contributed by atoms with Crippen molar-refractivity contribution in [2.45, 2.75) is 33.6 Å². The summed E-state index contributed by atoms with van der Waals surface area (Å²) in [5.74, 6) is 2.46. The van der Waals surface area contributed by atoms with Crippen molar-refractivity contribution in [2.75, 3.05) is 6.54 Å². The molecule has 0 radical (unpaired) electrons. The van der Waals surface area contributed by atoms with Crippen LogP contribution in [0.3, 0.4) is 0 Å². The number of nitrogens with one attached hydrogen (secondary N) is 1. The summed E-state index contributed by atoms with van der Waals surface area (Å²) >= 11 is 3.52. The molecule has 1 aromatic carbocycles. The van der Waals surface area contributed by atoms with Gasteiger partial charge >= 0.3 is 0 Å². The maximum atomic E-state index is 5.73. The number of furan rings is 1. The first kappa shape index (κ1) is 16.3. The van der Waals surface area contributed by atoms with Gasteiger partial charge in [-0.15, -0.1) is 0 Å². The quantitative estimate of drug-likeness (QED) is 0.759. The fourth-order valence-corrected chi connectivity index (χ4v) is 2.36. The number of hydrogen-bond donors (Lipinski definition) is 1. The highest BCUT2D eigenvalue weighted by Crippen LogP contribution is 2.17. The molecule has 3 nitrogen and oxygen atoms in total. The van der Waals surface area contributed by atoms with Crippen LogP contribution in [0.1, 0.15) is 30.9 Å². The lowest BCUT2D eigenvalue weighted by molar-refractivity contribution is 0.0916. The smallest absolute Gasteiger partial charge is 0.129 e. The molecule has 0 unspecified atom stereocenters. The summed E-state index contributed by atoms with van der Waals surface area (Å²) in [6, 6.07) is 12.1. The first-order valence-corrected chi connectivity index (χ1v) is 8.04. The predicted octanol–water partition coefficient (Wildman–Crippen LogP) is 4.50. The van der Waals surface area contributed by atoms with E-state index in [0.717, 1.165) is 34.6 Å². The van der Waals surface area contributed by atoms with Crippen LogP contribution >= 0.6 is 15.9 Å². The minimum Gasteiger partial charge on any atom is -0.462 e. The lowest BCUT2D eigenvalue weighted by Crippen LogP contribution is -2.18. The van der Waals surface area contributed by atoms with Gasteiger partial charge in [0, 0.05) is 4.47 Å². The lowest BCUT2D eigenvalue weighted by Gasteiger charge is -2.06. The fraction of sp³-hybridized carbons (Fsp3) is 0.412. The van der Waals surface area contributed by atoms with Crippen LogP contribution in [0.15, 0.2) is 45.3 Å². The SMILES string of the molecule is CC(C)CNCc1ccc(COCc2ccccc2Br)o1. The van der Waals surface area contributed by atoms with E-state index in [1.54, 1.807) is 0 Å². The number of halogens is 1. The van der Waals surface area contributed by atoms with E-state index in [2.05, 4.69) is 35.1 Å². The third kappa shape index (κ3) is 5.65. The summed E-state index contributed by atoms with van der Waals surface area (Å²) in [5.41, 5.74) is 1.14. The van der Waals surface area contributed by atoms with Crippen LogP contribution in [-0.2, 0) is 24.5 Å². The lowest BCUT2D eigenvalue weighted by atomic mass is 10.2. The van der Waals surface area contributed by atoms with Gasteiger partial charge in [-0.05, 0) is 36.2 Å². The molecule has 1 N–H and O–H groups in total. The fourth-order valence-electron chi connectivity index (χ4n) is 1.96. The van der Waals surface area contributed by atoms with E-state index in [4.69, 9.17) is 9.15 Å². The molecule has 0 aliphatic heterocycles. The number of ether oxygens (including phenoxy) is 1. The Morgan fingerprint density at radius 2 is 1.86 bits per heavy atom. The standard InChI is InChI=1S/C17H22BrNO2/c1-13(2)9-19-10-15-7-8-16(21-15)12-20-11-14-5-3-4-6-17(14)18/h3-8,13,19H,9-12H2,1-2H3. The second-order valence-electron chi connectivity index (χ2n) is 5.48. The van der Waals surface area contributed by atoms with Crippen molar-refractivity contribution in [3.8, 4) is 0 Å². The molecule has 0 saturated heterocycles. The molecule has 0 fully saturated rings. The molecule has 21 heavy (non-hydrogen) atoms. The van der Waals surface area contributed by atoms with Crippen molar-refractivity contribution in [1.82, 2.24) is 5.32 Å². The highest BCUT2D eigenvalue weighted by atomic mass is 79.9. The number of hydrogen-bond acceptors (Lipinski definition) is 3. The Kier molecular flexibility index (Phi) is 6.49. The molecule has 0 spiro atoms. The average molecular weight is 352 g/mol. The van der Waals surface area contributed by atoms with Crippen LogP contribution in [0, 0.1) is 5.92 Å². The molecule has 1 heterocycles. The largest absolute Gasteiger partial charge is 0.462 e. The van der Waals surface area contributed by atoms with E-state index in [1.165, 1.54) is 0 Å². The normalized spacial score (nSPS) is 11.2. The molecule has 2 rings (SSSR count). The van der Waals surface area contributed by atoms with Crippen molar-refractivity contribution in [3.63, 3.8) is 0 Å². The molecule has 0 aliphatic rings.